The van der Waals surface area contributed by atoms with Crippen LogP contribution in [0, 0.1) is 17.7 Å². The normalized spacial score (nSPS) is 28.9. The topological polar surface area (TPSA) is 67.3 Å². The number of fused-ring (bicyclic) bond motifs is 1. The number of aromatic nitrogens is 2. The molecule has 0 unspecified atom stereocenters. The van der Waals surface area contributed by atoms with Crippen molar-refractivity contribution >= 4 is 11.9 Å². The van der Waals surface area contributed by atoms with Gasteiger partial charge in [-0.2, -0.15) is 0 Å². The van der Waals surface area contributed by atoms with Crippen LogP contribution in [0.4, 0.5) is 10.3 Å². The molecule has 0 aliphatic carbocycles. The van der Waals surface area contributed by atoms with Gasteiger partial charge in [0.25, 0.3) is 0 Å². The average molecular weight is 294 g/mol. The third-order valence-electron chi connectivity index (χ3n) is 4.34. The predicted octanol–water partition coefficient (Wildman–Crippen LogP) is 0.593. The van der Waals surface area contributed by atoms with Crippen LogP contribution in [-0.2, 0) is 9.53 Å². The molecular weight excluding hydrogens is 275 g/mol. The van der Waals surface area contributed by atoms with Gasteiger partial charge in [0, 0.05) is 38.6 Å². The number of carbonyl (C=O) groups is 1. The van der Waals surface area contributed by atoms with Crippen molar-refractivity contribution in [2.45, 2.75) is 18.9 Å². The summed E-state index contributed by atoms with van der Waals surface area (Å²) in [4.78, 5) is 22.1. The van der Waals surface area contributed by atoms with E-state index in [9.17, 15) is 9.18 Å². The quantitative estimate of drug-likeness (QED) is 0.865. The van der Waals surface area contributed by atoms with Crippen LogP contribution in [0.5, 0.6) is 0 Å². The highest BCUT2D eigenvalue weighted by Gasteiger charge is 2.41. The second kappa shape index (κ2) is 5.93. The number of anilines is 1. The third-order valence-corrected chi connectivity index (χ3v) is 4.34. The fourth-order valence-electron chi connectivity index (χ4n) is 3.28. The number of nitrogens with zero attached hydrogens (tertiary/aromatic N) is 3. The number of carbonyl (C=O) groups excluding carboxylic acids is 1. The summed E-state index contributed by atoms with van der Waals surface area (Å²) in [5, 5.41) is 2.74. The zero-order valence-electron chi connectivity index (χ0n) is 12.0. The summed E-state index contributed by atoms with van der Waals surface area (Å²) >= 11 is 0. The van der Waals surface area contributed by atoms with Gasteiger partial charge in [0.1, 0.15) is 0 Å². The molecule has 0 radical (unpaired) electrons. The lowest BCUT2D eigenvalue weighted by Gasteiger charge is -2.44. The molecule has 2 aliphatic heterocycles. The van der Waals surface area contributed by atoms with Crippen LogP contribution in [-0.4, -0.2) is 48.7 Å². The molecule has 1 aromatic rings. The second-order valence-corrected chi connectivity index (χ2v) is 5.52. The van der Waals surface area contributed by atoms with Gasteiger partial charge in [0.15, 0.2) is 5.82 Å². The average Bonchev–Trinajstić information content (AvgIpc) is 2.54. The Morgan fingerprint density at radius 3 is 2.90 bits per heavy atom. The molecule has 0 spiro atoms. The van der Waals surface area contributed by atoms with E-state index >= 15 is 0 Å². The number of halogens is 1. The van der Waals surface area contributed by atoms with Gasteiger partial charge in [0.2, 0.25) is 11.9 Å². The van der Waals surface area contributed by atoms with Crippen LogP contribution in [0.15, 0.2) is 12.4 Å². The highest BCUT2D eigenvalue weighted by atomic mass is 19.1. The first-order valence-electron chi connectivity index (χ1n) is 7.24. The molecule has 6 nitrogen and oxygen atoms in total. The zero-order valence-corrected chi connectivity index (χ0v) is 12.0. The maximum Gasteiger partial charge on any atom is 0.225 e. The first kappa shape index (κ1) is 14.2. The minimum absolute atomic E-state index is 0.0444. The number of rotatable bonds is 2. The SMILES string of the molecule is CNC(=O)[C@@H]1CCO[C@@H]2CCN(c3ncc(F)cn3)C[C@@H]21. The number of amides is 1. The Bertz CT molecular complexity index is 510. The van der Waals surface area contributed by atoms with Crippen molar-refractivity contribution in [3.63, 3.8) is 0 Å². The van der Waals surface area contributed by atoms with Crippen molar-refractivity contribution in [3.8, 4) is 0 Å². The molecular formula is C14H19FN4O2. The van der Waals surface area contributed by atoms with Gasteiger partial charge < -0.3 is 15.0 Å². The molecule has 1 amide bonds. The van der Waals surface area contributed by atoms with Crippen LogP contribution in [0.25, 0.3) is 0 Å². The van der Waals surface area contributed by atoms with Crippen LogP contribution in [0.2, 0.25) is 0 Å². The number of hydrogen-bond donors (Lipinski definition) is 1. The molecule has 1 aromatic heterocycles. The predicted molar refractivity (Wildman–Crippen MR) is 74.2 cm³/mol. The fourth-order valence-corrected chi connectivity index (χ4v) is 3.28. The van der Waals surface area contributed by atoms with Gasteiger partial charge in [-0.25, -0.2) is 14.4 Å². The fraction of sp³-hybridized carbons (Fsp3) is 0.643. The molecule has 0 saturated carbocycles. The summed E-state index contributed by atoms with van der Waals surface area (Å²) in [5.41, 5.74) is 0. The maximum atomic E-state index is 12.9. The van der Waals surface area contributed by atoms with Gasteiger partial charge in [-0.3, -0.25) is 4.79 Å². The Labute approximate surface area is 122 Å². The van der Waals surface area contributed by atoms with Gasteiger partial charge >= 0.3 is 0 Å². The number of hydrogen-bond acceptors (Lipinski definition) is 5. The Balaban J connectivity index is 1.76. The lowest BCUT2D eigenvalue weighted by Crippen LogP contribution is -2.53. The van der Waals surface area contributed by atoms with Gasteiger partial charge in [-0.05, 0) is 12.8 Å². The molecule has 0 bridgehead atoms. The van der Waals surface area contributed by atoms with E-state index in [1.807, 2.05) is 4.90 Å². The molecule has 0 aromatic carbocycles. The Kier molecular flexibility index (Phi) is 4.01. The molecule has 2 aliphatic rings. The third kappa shape index (κ3) is 2.83. The standard InChI is InChI=1S/C14H19FN4O2/c1-16-13(20)10-3-5-21-12-2-4-19(8-11(10)12)14-17-6-9(15)7-18-14/h6-7,10-12H,2-5,8H2,1H3,(H,16,20)/t10-,11-,12-/m1/s1. The lowest BCUT2D eigenvalue weighted by atomic mass is 9.79. The van der Waals surface area contributed by atoms with Crippen molar-refractivity contribution in [1.29, 1.82) is 0 Å². The number of ether oxygens (including phenoxy) is 1. The molecule has 21 heavy (non-hydrogen) atoms. The van der Waals surface area contributed by atoms with Gasteiger partial charge in [-0.1, -0.05) is 0 Å². The Hall–Kier alpha value is -1.76. The maximum absolute atomic E-state index is 12.9. The van der Waals surface area contributed by atoms with E-state index in [-0.39, 0.29) is 23.8 Å². The van der Waals surface area contributed by atoms with Gasteiger partial charge in [0.05, 0.1) is 18.5 Å². The molecule has 3 heterocycles. The Morgan fingerprint density at radius 2 is 2.19 bits per heavy atom. The smallest absolute Gasteiger partial charge is 0.225 e. The summed E-state index contributed by atoms with van der Waals surface area (Å²) in [6.45, 7) is 2.05. The molecule has 3 atom stereocenters. The van der Waals surface area contributed by atoms with E-state index in [2.05, 4.69) is 15.3 Å². The van der Waals surface area contributed by atoms with E-state index in [4.69, 9.17) is 4.74 Å². The number of piperidine rings is 1. The minimum Gasteiger partial charge on any atom is -0.378 e. The lowest BCUT2D eigenvalue weighted by molar-refractivity contribution is -0.136. The van der Waals surface area contributed by atoms with Gasteiger partial charge in [-0.15, -0.1) is 0 Å². The van der Waals surface area contributed by atoms with Crippen LogP contribution < -0.4 is 10.2 Å². The highest BCUT2D eigenvalue weighted by Crippen LogP contribution is 2.34. The van der Waals surface area contributed by atoms with E-state index < -0.39 is 5.82 Å². The van der Waals surface area contributed by atoms with Crippen molar-refractivity contribution in [1.82, 2.24) is 15.3 Å². The van der Waals surface area contributed by atoms with E-state index in [1.165, 1.54) is 12.4 Å². The molecule has 1 N–H and O–H groups in total. The van der Waals surface area contributed by atoms with Crippen LogP contribution in [0.3, 0.4) is 0 Å². The Morgan fingerprint density at radius 1 is 1.43 bits per heavy atom. The molecule has 2 fully saturated rings. The van der Waals surface area contributed by atoms with Crippen molar-refractivity contribution < 1.29 is 13.9 Å². The van der Waals surface area contributed by atoms with Crippen LogP contribution in [0.1, 0.15) is 12.8 Å². The monoisotopic (exact) mass is 294 g/mol. The molecule has 2 saturated heterocycles. The summed E-state index contributed by atoms with van der Waals surface area (Å²) < 4.78 is 18.7. The molecule has 114 valence electrons. The summed E-state index contributed by atoms with van der Waals surface area (Å²) in [7, 11) is 1.66. The van der Waals surface area contributed by atoms with Crippen molar-refractivity contribution in [2.75, 3.05) is 31.6 Å². The number of nitrogens with one attached hydrogen (secondary N) is 1. The summed E-state index contributed by atoms with van der Waals surface area (Å²) in [5.74, 6) is 0.210. The van der Waals surface area contributed by atoms with Crippen LogP contribution >= 0.6 is 0 Å². The van der Waals surface area contributed by atoms with E-state index in [0.717, 1.165) is 19.4 Å². The van der Waals surface area contributed by atoms with E-state index in [1.54, 1.807) is 7.05 Å². The summed E-state index contributed by atoms with van der Waals surface area (Å²) in [6, 6.07) is 0. The van der Waals surface area contributed by atoms with Crippen molar-refractivity contribution in [3.05, 3.63) is 18.2 Å². The first-order chi connectivity index (χ1) is 10.2. The molecule has 7 heteroatoms. The summed E-state index contributed by atoms with van der Waals surface area (Å²) in [6.07, 6.45) is 4.01. The van der Waals surface area contributed by atoms with Crippen molar-refractivity contribution in [2.24, 2.45) is 11.8 Å². The van der Waals surface area contributed by atoms with E-state index in [0.29, 0.717) is 19.1 Å². The highest BCUT2D eigenvalue weighted by molar-refractivity contribution is 5.79. The molecule has 3 rings (SSSR count). The largest absolute Gasteiger partial charge is 0.378 e. The zero-order chi connectivity index (χ0) is 14.8. The second-order valence-electron chi connectivity index (χ2n) is 5.52. The first-order valence-corrected chi connectivity index (χ1v) is 7.24. The minimum atomic E-state index is -0.446.